The summed E-state index contributed by atoms with van der Waals surface area (Å²) in [6.45, 7) is 4.34. The van der Waals surface area contributed by atoms with Crippen LogP contribution in [0.25, 0.3) is 0 Å². The topological polar surface area (TPSA) is 32.5 Å². The van der Waals surface area contributed by atoms with E-state index in [1.807, 2.05) is 6.07 Å². The summed E-state index contributed by atoms with van der Waals surface area (Å²) in [7, 11) is 0. The molecule has 2 saturated heterocycles. The second kappa shape index (κ2) is 4.76. The number of fused-ring (bicyclic) bond motifs is 1. The molecule has 1 unspecified atom stereocenters. The molecule has 0 amide bonds. The van der Waals surface area contributed by atoms with Gasteiger partial charge in [-0.3, -0.25) is 4.90 Å². The molecule has 0 aromatic heterocycles. The van der Waals surface area contributed by atoms with Crippen LogP contribution in [0.15, 0.2) is 18.2 Å². The van der Waals surface area contributed by atoms with Crippen LogP contribution in [-0.4, -0.2) is 37.1 Å². The second-order valence-electron chi connectivity index (χ2n) is 5.30. The Bertz CT molecular complexity index is 435. The summed E-state index contributed by atoms with van der Waals surface area (Å²) in [6, 6.07) is 5.73. The van der Waals surface area contributed by atoms with Crippen LogP contribution in [0, 0.1) is 5.82 Å². The van der Waals surface area contributed by atoms with Crippen LogP contribution in [-0.2, 0) is 0 Å². The van der Waals surface area contributed by atoms with E-state index in [9.17, 15) is 4.39 Å². The first-order valence-electron chi connectivity index (χ1n) is 6.78. The zero-order valence-electron chi connectivity index (χ0n) is 10.6. The van der Waals surface area contributed by atoms with E-state index >= 15 is 0 Å². The first kappa shape index (κ1) is 11.8. The Labute approximate surface area is 107 Å². The summed E-state index contributed by atoms with van der Waals surface area (Å²) in [6.07, 6.45) is 3.68. The molecular formula is C14H20FN3. The minimum atomic E-state index is -0.306. The maximum atomic E-state index is 13.5. The molecule has 3 nitrogen and oxygen atoms in total. The molecule has 2 aliphatic rings. The second-order valence-corrected chi connectivity index (χ2v) is 5.30. The first-order chi connectivity index (χ1) is 8.75. The quantitative estimate of drug-likeness (QED) is 0.773. The fourth-order valence-corrected chi connectivity index (χ4v) is 3.23. The average molecular weight is 249 g/mol. The lowest BCUT2D eigenvalue weighted by atomic mass is 10.2. The van der Waals surface area contributed by atoms with Crippen molar-refractivity contribution in [1.82, 2.24) is 4.90 Å². The Hall–Kier alpha value is -1.29. The summed E-state index contributed by atoms with van der Waals surface area (Å²) in [5, 5.41) is 0. The van der Waals surface area contributed by atoms with Gasteiger partial charge in [-0.2, -0.15) is 0 Å². The smallest absolute Gasteiger partial charge is 0.148 e. The predicted octanol–water partition coefficient (Wildman–Crippen LogP) is 2.08. The summed E-state index contributed by atoms with van der Waals surface area (Å²) >= 11 is 0. The van der Waals surface area contributed by atoms with Gasteiger partial charge < -0.3 is 10.6 Å². The molecule has 0 aliphatic carbocycles. The van der Waals surface area contributed by atoms with Crippen molar-refractivity contribution in [3.8, 4) is 0 Å². The van der Waals surface area contributed by atoms with Gasteiger partial charge >= 0.3 is 0 Å². The third-order valence-electron chi connectivity index (χ3n) is 4.17. The molecule has 0 spiro atoms. The molecular weight excluding hydrogens is 229 g/mol. The lowest BCUT2D eigenvalue weighted by Crippen LogP contribution is -2.36. The van der Waals surface area contributed by atoms with Crippen LogP contribution in [0.4, 0.5) is 15.8 Å². The molecule has 1 aromatic rings. The zero-order chi connectivity index (χ0) is 12.5. The van der Waals surface area contributed by atoms with Crippen molar-refractivity contribution in [2.24, 2.45) is 0 Å². The highest BCUT2D eigenvalue weighted by molar-refractivity contribution is 5.68. The van der Waals surface area contributed by atoms with Crippen molar-refractivity contribution in [2.45, 2.75) is 25.3 Å². The van der Waals surface area contributed by atoms with Crippen LogP contribution < -0.4 is 10.6 Å². The van der Waals surface area contributed by atoms with E-state index in [-0.39, 0.29) is 5.82 Å². The van der Waals surface area contributed by atoms with Crippen molar-refractivity contribution in [3.63, 3.8) is 0 Å². The minimum Gasteiger partial charge on any atom is -0.395 e. The van der Waals surface area contributed by atoms with Crippen LogP contribution in [0.5, 0.6) is 0 Å². The van der Waals surface area contributed by atoms with Gasteiger partial charge in [0.1, 0.15) is 5.82 Å². The van der Waals surface area contributed by atoms with Gasteiger partial charge in [-0.15, -0.1) is 0 Å². The number of hydrogen-bond donors (Lipinski definition) is 1. The fraction of sp³-hybridized carbons (Fsp3) is 0.571. The van der Waals surface area contributed by atoms with E-state index in [4.69, 9.17) is 5.73 Å². The molecule has 2 N–H and O–H groups in total. The van der Waals surface area contributed by atoms with Gasteiger partial charge in [0.05, 0.1) is 11.4 Å². The van der Waals surface area contributed by atoms with Crippen molar-refractivity contribution in [3.05, 3.63) is 24.0 Å². The highest BCUT2D eigenvalue weighted by Gasteiger charge is 2.29. The van der Waals surface area contributed by atoms with Crippen LogP contribution in [0.2, 0.25) is 0 Å². The lowest BCUT2D eigenvalue weighted by Gasteiger charge is -2.28. The number of hydrogen-bond acceptors (Lipinski definition) is 3. The summed E-state index contributed by atoms with van der Waals surface area (Å²) in [5.41, 5.74) is 7.03. The van der Waals surface area contributed by atoms with E-state index in [0.717, 1.165) is 31.7 Å². The number of anilines is 2. The van der Waals surface area contributed by atoms with Gasteiger partial charge in [0, 0.05) is 25.7 Å². The molecule has 2 fully saturated rings. The Morgan fingerprint density at radius 1 is 1.17 bits per heavy atom. The number of nitrogen functional groups attached to an aromatic ring is 1. The molecule has 4 heteroatoms. The summed E-state index contributed by atoms with van der Waals surface area (Å²) in [5.74, 6) is -0.306. The minimum absolute atomic E-state index is 0.295. The SMILES string of the molecule is Nc1c(F)cccc1N1CCCN2CCCC2C1. The molecule has 18 heavy (non-hydrogen) atoms. The fourth-order valence-electron chi connectivity index (χ4n) is 3.23. The number of benzene rings is 1. The molecule has 0 bridgehead atoms. The Morgan fingerprint density at radius 2 is 2.00 bits per heavy atom. The number of para-hydroxylation sites is 1. The average Bonchev–Trinajstić information content (AvgIpc) is 2.70. The Balaban J connectivity index is 1.85. The largest absolute Gasteiger partial charge is 0.395 e. The monoisotopic (exact) mass is 249 g/mol. The van der Waals surface area contributed by atoms with E-state index in [1.165, 1.54) is 25.5 Å². The number of nitrogens with zero attached hydrogens (tertiary/aromatic N) is 2. The molecule has 98 valence electrons. The van der Waals surface area contributed by atoms with Gasteiger partial charge in [-0.05, 0) is 37.9 Å². The normalized spacial score (nSPS) is 24.9. The molecule has 1 aromatic carbocycles. The van der Waals surface area contributed by atoms with Gasteiger partial charge in [0.15, 0.2) is 0 Å². The lowest BCUT2D eigenvalue weighted by molar-refractivity contribution is 0.273. The van der Waals surface area contributed by atoms with Gasteiger partial charge in [0.25, 0.3) is 0 Å². The molecule has 2 aliphatic heterocycles. The van der Waals surface area contributed by atoms with E-state index < -0.39 is 0 Å². The van der Waals surface area contributed by atoms with E-state index in [0.29, 0.717) is 11.7 Å². The Kier molecular flexibility index (Phi) is 3.12. The molecule has 1 atom stereocenters. The van der Waals surface area contributed by atoms with Crippen LogP contribution in [0.1, 0.15) is 19.3 Å². The molecule has 0 saturated carbocycles. The van der Waals surface area contributed by atoms with Crippen LogP contribution in [0.3, 0.4) is 0 Å². The summed E-state index contributed by atoms with van der Waals surface area (Å²) < 4.78 is 13.5. The van der Waals surface area contributed by atoms with Gasteiger partial charge in [-0.25, -0.2) is 4.39 Å². The van der Waals surface area contributed by atoms with Crippen LogP contribution >= 0.6 is 0 Å². The Morgan fingerprint density at radius 3 is 2.89 bits per heavy atom. The van der Waals surface area contributed by atoms with Crippen molar-refractivity contribution in [2.75, 3.05) is 36.8 Å². The third kappa shape index (κ3) is 2.05. The predicted molar refractivity (Wildman–Crippen MR) is 72.2 cm³/mol. The number of halogens is 1. The highest BCUT2D eigenvalue weighted by Crippen LogP contribution is 2.29. The molecule has 2 heterocycles. The standard InChI is InChI=1S/C14H20FN3/c15-12-5-1-6-13(14(12)16)18-9-3-8-17-7-2-4-11(17)10-18/h1,5-6,11H,2-4,7-10,16H2. The third-order valence-corrected chi connectivity index (χ3v) is 4.17. The maximum Gasteiger partial charge on any atom is 0.148 e. The number of nitrogens with two attached hydrogens (primary N) is 1. The molecule has 0 radical (unpaired) electrons. The van der Waals surface area contributed by atoms with Crippen molar-refractivity contribution in [1.29, 1.82) is 0 Å². The van der Waals surface area contributed by atoms with E-state index in [1.54, 1.807) is 6.07 Å². The van der Waals surface area contributed by atoms with Crippen molar-refractivity contribution < 1.29 is 4.39 Å². The van der Waals surface area contributed by atoms with Crippen molar-refractivity contribution >= 4 is 11.4 Å². The number of rotatable bonds is 1. The van der Waals surface area contributed by atoms with Gasteiger partial charge in [-0.1, -0.05) is 6.07 Å². The maximum absolute atomic E-state index is 13.5. The summed E-state index contributed by atoms with van der Waals surface area (Å²) in [4.78, 5) is 4.82. The highest BCUT2D eigenvalue weighted by atomic mass is 19.1. The first-order valence-corrected chi connectivity index (χ1v) is 6.78. The van der Waals surface area contributed by atoms with Gasteiger partial charge in [0.2, 0.25) is 0 Å². The zero-order valence-corrected chi connectivity index (χ0v) is 10.6. The molecule has 3 rings (SSSR count). The van der Waals surface area contributed by atoms with E-state index in [2.05, 4.69) is 9.80 Å².